The van der Waals surface area contributed by atoms with Gasteiger partial charge in [0.05, 0.1) is 37.2 Å². The lowest BCUT2D eigenvalue weighted by Gasteiger charge is -2.46. The second-order valence-corrected chi connectivity index (χ2v) is 11.2. The maximum absolute atomic E-state index is 12.4. The van der Waals surface area contributed by atoms with Gasteiger partial charge in [-0.3, -0.25) is 9.80 Å². The quantitative estimate of drug-likeness (QED) is 0.436. The van der Waals surface area contributed by atoms with Crippen LogP contribution in [0, 0.1) is 11.3 Å². The number of methoxy groups -OCH3 is 1. The Morgan fingerprint density at radius 3 is 2.36 bits per heavy atom. The summed E-state index contributed by atoms with van der Waals surface area (Å²) in [4.78, 5) is 8.98. The molecule has 2 aromatic rings. The van der Waals surface area contributed by atoms with Crippen LogP contribution in [0.25, 0.3) is 0 Å². The number of ether oxygens (including phenoxy) is 3. The van der Waals surface area contributed by atoms with E-state index in [2.05, 4.69) is 20.9 Å². The third-order valence-electron chi connectivity index (χ3n) is 6.37. The minimum atomic E-state index is -3.37. The summed E-state index contributed by atoms with van der Waals surface area (Å²) in [5.74, 6) is 1.22. The second-order valence-electron chi connectivity index (χ2n) is 9.19. The van der Waals surface area contributed by atoms with E-state index in [9.17, 15) is 8.42 Å². The molecule has 2 fully saturated rings. The summed E-state index contributed by atoms with van der Waals surface area (Å²) in [6, 6.07) is 12.7. The van der Waals surface area contributed by atoms with Gasteiger partial charge in [0.2, 0.25) is 15.9 Å². The highest BCUT2D eigenvalue weighted by atomic mass is 32.2. The molecule has 4 rings (SSSR count). The van der Waals surface area contributed by atoms with E-state index in [4.69, 9.17) is 19.5 Å². The molecule has 0 spiro atoms. The van der Waals surface area contributed by atoms with Crippen LogP contribution >= 0.6 is 0 Å². The van der Waals surface area contributed by atoms with Crippen LogP contribution in [-0.2, 0) is 21.3 Å². The summed E-state index contributed by atoms with van der Waals surface area (Å²) in [6.07, 6.45) is 3.26. The largest absolute Gasteiger partial charge is 0.492 e. The van der Waals surface area contributed by atoms with Crippen LogP contribution in [0.15, 0.2) is 42.6 Å². The van der Waals surface area contributed by atoms with Crippen molar-refractivity contribution in [2.24, 2.45) is 0 Å². The number of hydrogen-bond donors (Lipinski definition) is 0. The molecular weight excluding hydrogens is 482 g/mol. The van der Waals surface area contributed by atoms with Gasteiger partial charge in [0.15, 0.2) is 0 Å². The lowest BCUT2D eigenvalue weighted by atomic mass is 10.1. The molecule has 2 aliphatic rings. The van der Waals surface area contributed by atoms with E-state index >= 15 is 0 Å². The van der Waals surface area contributed by atoms with Crippen molar-refractivity contribution in [3.8, 4) is 17.7 Å². The first-order valence-electron chi connectivity index (χ1n) is 12.0. The van der Waals surface area contributed by atoms with Crippen molar-refractivity contribution in [3.05, 3.63) is 53.7 Å². The van der Waals surface area contributed by atoms with Gasteiger partial charge in [-0.15, -0.1) is 0 Å². The summed E-state index contributed by atoms with van der Waals surface area (Å²) in [7, 11) is -1.76. The van der Waals surface area contributed by atoms with Crippen molar-refractivity contribution in [2.45, 2.75) is 18.8 Å². The van der Waals surface area contributed by atoms with Crippen LogP contribution in [0.3, 0.4) is 0 Å². The Morgan fingerprint density at radius 2 is 1.78 bits per heavy atom. The maximum atomic E-state index is 12.4. The first-order chi connectivity index (χ1) is 17.3. The molecule has 2 aliphatic heterocycles. The molecule has 0 aliphatic carbocycles. The molecule has 3 heterocycles. The molecule has 0 N–H and O–H groups in total. The van der Waals surface area contributed by atoms with Crippen LogP contribution in [0.5, 0.6) is 11.6 Å². The highest BCUT2D eigenvalue weighted by Gasteiger charge is 2.35. The van der Waals surface area contributed by atoms with E-state index in [1.54, 1.807) is 31.4 Å². The third-order valence-corrected chi connectivity index (χ3v) is 7.68. The molecule has 2 bridgehead atoms. The zero-order valence-electron chi connectivity index (χ0n) is 20.7. The highest BCUT2D eigenvalue weighted by Crippen LogP contribution is 2.21. The average molecular weight is 516 g/mol. The third kappa shape index (κ3) is 7.38. The number of morpholine rings is 2. The number of aromatic nitrogens is 1. The minimum absolute atomic E-state index is 0.0927. The molecule has 2 saturated heterocycles. The van der Waals surface area contributed by atoms with Crippen molar-refractivity contribution in [1.29, 1.82) is 5.26 Å². The van der Waals surface area contributed by atoms with Gasteiger partial charge in [0, 0.05) is 64.6 Å². The van der Waals surface area contributed by atoms with Crippen molar-refractivity contribution in [1.82, 2.24) is 19.1 Å². The SMILES string of the molecule is COc1ccc(CN2CC3CN(CCN(CCOc4ccc(C#N)cc4)S(C)(=O)=O)CC(C2)O3)cn1. The Hall–Kier alpha value is -2.75. The number of hydrogen-bond acceptors (Lipinski definition) is 9. The normalized spacial score (nSPS) is 20.7. The van der Waals surface area contributed by atoms with Crippen molar-refractivity contribution < 1.29 is 22.6 Å². The van der Waals surface area contributed by atoms with Crippen molar-refractivity contribution >= 4 is 10.0 Å². The molecule has 11 heteroatoms. The molecule has 194 valence electrons. The van der Waals surface area contributed by atoms with Crippen LogP contribution in [0.4, 0.5) is 0 Å². The zero-order valence-corrected chi connectivity index (χ0v) is 21.6. The summed E-state index contributed by atoms with van der Waals surface area (Å²) in [5, 5.41) is 8.89. The standard InChI is InChI=1S/C25H33N5O5S/c1-33-25-8-5-21(14-27-25)15-29-18-23-16-28(17-24(19-29)35-23)9-10-30(36(2,31)32)11-12-34-22-6-3-20(13-26)4-7-22/h3-8,14,23-24H,9-12,15-19H2,1-2H3. The van der Waals surface area contributed by atoms with Gasteiger partial charge in [0.25, 0.3) is 0 Å². The smallest absolute Gasteiger partial charge is 0.212 e. The Bertz CT molecular complexity index is 1120. The molecule has 0 saturated carbocycles. The second kappa shape index (κ2) is 12.0. The first-order valence-corrected chi connectivity index (χ1v) is 13.8. The molecule has 2 atom stereocenters. The fourth-order valence-corrected chi connectivity index (χ4v) is 5.46. The number of nitriles is 1. The maximum Gasteiger partial charge on any atom is 0.212 e. The molecule has 0 amide bonds. The topological polar surface area (TPSA) is 108 Å². The molecule has 10 nitrogen and oxygen atoms in total. The van der Waals surface area contributed by atoms with Gasteiger partial charge in [-0.05, 0) is 29.8 Å². The monoisotopic (exact) mass is 515 g/mol. The van der Waals surface area contributed by atoms with E-state index in [1.165, 1.54) is 10.6 Å². The predicted octanol–water partition coefficient (Wildman–Crippen LogP) is 1.19. The van der Waals surface area contributed by atoms with Gasteiger partial charge in [-0.1, -0.05) is 6.07 Å². The van der Waals surface area contributed by atoms with Gasteiger partial charge in [-0.25, -0.2) is 13.4 Å². The number of rotatable bonds is 11. The van der Waals surface area contributed by atoms with Gasteiger partial charge < -0.3 is 14.2 Å². The Labute approximate surface area is 213 Å². The zero-order chi connectivity index (χ0) is 25.5. The fourth-order valence-electron chi connectivity index (χ4n) is 4.64. The first kappa shape index (κ1) is 26.3. The highest BCUT2D eigenvalue weighted by molar-refractivity contribution is 7.88. The van der Waals surface area contributed by atoms with Crippen LogP contribution in [0.1, 0.15) is 11.1 Å². The summed E-state index contributed by atoms with van der Waals surface area (Å²) < 4.78 is 43.2. The summed E-state index contributed by atoms with van der Waals surface area (Å²) >= 11 is 0. The molecule has 1 aromatic heterocycles. The Balaban J connectivity index is 1.24. The lowest BCUT2D eigenvalue weighted by Crippen LogP contribution is -2.60. The average Bonchev–Trinajstić information content (AvgIpc) is 2.85. The number of nitrogens with zero attached hydrogens (tertiary/aromatic N) is 5. The summed E-state index contributed by atoms with van der Waals surface area (Å²) in [6.45, 7) is 5.55. The molecule has 2 unspecified atom stereocenters. The molecule has 1 aromatic carbocycles. The van der Waals surface area contributed by atoms with E-state index < -0.39 is 10.0 Å². The van der Waals surface area contributed by atoms with E-state index in [-0.39, 0.29) is 25.4 Å². The van der Waals surface area contributed by atoms with Gasteiger partial charge in [-0.2, -0.15) is 9.57 Å². The predicted molar refractivity (Wildman–Crippen MR) is 134 cm³/mol. The number of benzene rings is 1. The van der Waals surface area contributed by atoms with Crippen molar-refractivity contribution in [2.75, 3.05) is 65.8 Å². The molecular formula is C25H33N5O5S. The van der Waals surface area contributed by atoms with Gasteiger partial charge in [0.1, 0.15) is 12.4 Å². The van der Waals surface area contributed by atoms with E-state index in [1.807, 2.05) is 18.3 Å². The number of pyridine rings is 1. The lowest BCUT2D eigenvalue weighted by molar-refractivity contribution is -0.140. The van der Waals surface area contributed by atoms with Crippen molar-refractivity contribution in [3.63, 3.8) is 0 Å². The van der Waals surface area contributed by atoms with Gasteiger partial charge >= 0.3 is 0 Å². The fraction of sp³-hybridized carbons (Fsp3) is 0.520. The Morgan fingerprint density at radius 1 is 1.08 bits per heavy atom. The number of sulfonamides is 1. The number of fused-ring (bicyclic) bond motifs is 2. The van der Waals surface area contributed by atoms with Crippen LogP contribution < -0.4 is 9.47 Å². The molecule has 0 radical (unpaired) electrons. The molecule has 36 heavy (non-hydrogen) atoms. The summed E-state index contributed by atoms with van der Waals surface area (Å²) in [5.41, 5.74) is 1.69. The van der Waals surface area contributed by atoms with E-state index in [0.717, 1.165) is 38.3 Å². The van der Waals surface area contributed by atoms with Crippen LogP contribution in [0.2, 0.25) is 0 Å². The van der Waals surface area contributed by atoms with Crippen LogP contribution in [-0.4, -0.2) is 106 Å². The minimum Gasteiger partial charge on any atom is -0.492 e. The Kier molecular flexibility index (Phi) is 8.77. The van der Waals surface area contributed by atoms with E-state index in [0.29, 0.717) is 30.3 Å².